The van der Waals surface area contributed by atoms with Gasteiger partial charge in [-0.1, -0.05) is 6.07 Å². The predicted octanol–water partition coefficient (Wildman–Crippen LogP) is 1.44. The molecule has 0 unspecified atom stereocenters. The van der Waals surface area contributed by atoms with Gasteiger partial charge in [-0.2, -0.15) is 4.31 Å². The van der Waals surface area contributed by atoms with Gasteiger partial charge in [0.1, 0.15) is 0 Å². The van der Waals surface area contributed by atoms with E-state index >= 15 is 0 Å². The van der Waals surface area contributed by atoms with Crippen LogP contribution < -0.4 is 15.2 Å². The fourth-order valence-electron chi connectivity index (χ4n) is 4.17. The average Bonchev–Trinajstić information content (AvgIpc) is 3.10. The summed E-state index contributed by atoms with van der Waals surface area (Å²) < 4.78 is 41.2. The molecule has 186 valence electrons. The second-order valence-electron chi connectivity index (χ2n) is 8.23. The molecule has 35 heavy (non-hydrogen) atoms. The van der Waals surface area contributed by atoms with Gasteiger partial charge in [0.25, 0.3) is 0 Å². The normalized spacial score (nSPS) is 15.1. The third kappa shape index (κ3) is 4.56. The van der Waals surface area contributed by atoms with Gasteiger partial charge >= 0.3 is 5.69 Å². The maximum absolute atomic E-state index is 13.2. The first-order chi connectivity index (χ1) is 16.7. The van der Waals surface area contributed by atoms with Crippen LogP contribution in [0.2, 0.25) is 0 Å². The van der Waals surface area contributed by atoms with E-state index in [4.69, 9.17) is 9.47 Å². The molecule has 10 nitrogen and oxygen atoms in total. The zero-order valence-corrected chi connectivity index (χ0v) is 20.9. The number of hydrogen-bond acceptors (Lipinski definition) is 6. The number of amides is 1. The lowest BCUT2D eigenvalue weighted by molar-refractivity contribution is -0.127. The van der Waals surface area contributed by atoms with Crippen molar-refractivity contribution < 1.29 is 22.7 Å². The van der Waals surface area contributed by atoms with Crippen molar-refractivity contribution in [1.29, 1.82) is 0 Å². The molecule has 1 aliphatic heterocycles. The first-order valence-electron chi connectivity index (χ1n) is 11.0. The van der Waals surface area contributed by atoms with Crippen LogP contribution in [0.4, 0.5) is 0 Å². The number of fused-ring (bicyclic) bond motifs is 1. The van der Waals surface area contributed by atoms with Gasteiger partial charge in [-0.3, -0.25) is 13.9 Å². The van der Waals surface area contributed by atoms with E-state index in [2.05, 4.69) is 0 Å². The van der Waals surface area contributed by atoms with Gasteiger partial charge in [0.05, 0.1) is 30.1 Å². The molecule has 1 aliphatic rings. The molecule has 11 heteroatoms. The molecule has 3 aromatic rings. The summed E-state index contributed by atoms with van der Waals surface area (Å²) in [5.74, 6) is 0.967. The van der Waals surface area contributed by atoms with E-state index in [9.17, 15) is 18.0 Å². The summed E-state index contributed by atoms with van der Waals surface area (Å²) in [6.07, 6.45) is 3.15. The number of piperazine rings is 1. The van der Waals surface area contributed by atoms with Crippen molar-refractivity contribution >= 4 is 33.0 Å². The van der Waals surface area contributed by atoms with Gasteiger partial charge in [-0.25, -0.2) is 13.2 Å². The van der Waals surface area contributed by atoms with Crippen LogP contribution in [-0.4, -0.2) is 73.1 Å². The highest BCUT2D eigenvalue weighted by atomic mass is 32.2. The van der Waals surface area contributed by atoms with Crippen LogP contribution >= 0.6 is 0 Å². The number of rotatable bonds is 6. The van der Waals surface area contributed by atoms with Crippen molar-refractivity contribution in [3.8, 4) is 11.5 Å². The predicted molar refractivity (Wildman–Crippen MR) is 132 cm³/mol. The Labute approximate surface area is 203 Å². The number of ether oxygens (including phenoxy) is 2. The molecule has 1 aromatic heterocycles. The van der Waals surface area contributed by atoms with Crippen molar-refractivity contribution in [1.82, 2.24) is 18.3 Å². The van der Waals surface area contributed by atoms with E-state index in [-0.39, 0.29) is 42.7 Å². The molecule has 1 saturated heterocycles. The van der Waals surface area contributed by atoms with E-state index in [0.29, 0.717) is 22.5 Å². The van der Waals surface area contributed by atoms with E-state index in [1.54, 1.807) is 57.5 Å². The number of aromatic nitrogens is 2. The fourth-order valence-corrected chi connectivity index (χ4v) is 5.62. The minimum Gasteiger partial charge on any atom is -0.493 e. The van der Waals surface area contributed by atoms with Crippen molar-refractivity contribution in [2.75, 3.05) is 40.4 Å². The zero-order chi connectivity index (χ0) is 25.3. The molecule has 1 fully saturated rings. The number of methoxy groups -OCH3 is 2. The number of carbonyl (C=O) groups is 1. The molecule has 2 aromatic carbocycles. The highest BCUT2D eigenvalue weighted by molar-refractivity contribution is 7.89. The van der Waals surface area contributed by atoms with Gasteiger partial charge < -0.3 is 14.4 Å². The first-order valence-corrected chi connectivity index (χ1v) is 12.5. The molecule has 0 bridgehead atoms. The number of nitrogens with zero attached hydrogens (tertiary/aromatic N) is 4. The lowest BCUT2D eigenvalue weighted by Crippen LogP contribution is -2.50. The van der Waals surface area contributed by atoms with Crippen LogP contribution in [0.15, 0.2) is 52.2 Å². The van der Waals surface area contributed by atoms with E-state index in [1.807, 2.05) is 6.07 Å². The van der Waals surface area contributed by atoms with Crippen LogP contribution in [0.1, 0.15) is 5.56 Å². The zero-order valence-electron chi connectivity index (χ0n) is 20.1. The molecule has 0 radical (unpaired) electrons. The summed E-state index contributed by atoms with van der Waals surface area (Å²) in [4.78, 5) is 26.6. The Hall–Kier alpha value is -3.57. The third-order valence-electron chi connectivity index (χ3n) is 6.26. The highest BCUT2D eigenvalue weighted by Crippen LogP contribution is 2.28. The smallest absolute Gasteiger partial charge is 0.328 e. The van der Waals surface area contributed by atoms with Gasteiger partial charge in [-0.15, -0.1) is 0 Å². The number of benzene rings is 2. The molecule has 4 rings (SSSR count). The average molecular weight is 501 g/mol. The molecule has 2 heterocycles. The van der Waals surface area contributed by atoms with E-state index in [0.717, 1.165) is 5.56 Å². The fraction of sp³-hybridized carbons (Fsp3) is 0.333. The molecule has 0 spiro atoms. The molecular weight excluding hydrogens is 472 g/mol. The van der Waals surface area contributed by atoms with Gasteiger partial charge in [0, 0.05) is 46.4 Å². The summed E-state index contributed by atoms with van der Waals surface area (Å²) in [5.41, 5.74) is 1.77. The van der Waals surface area contributed by atoms with Crippen molar-refractivity contribution in [2.45, 2.75) is 4.90 Å². The summed E-state index contributed by atoms with van der Waals surface area (Å²) in [5, 5.41) is 0. The highest BCUT2D eigenvalue weighted by Gasteiger charge is 2.30. The molecule has 0 atom stereocenters. The Balaban J connectivity index is 1.44. The van der Waals surface area contributed by atoms with Gasteiger partial charge in [0.2, 0.25) is 15.9 Å². The lowest BCUT2D eigenvalue weighted by Gasteiger charge is -2.33. The number of imidazole rings is 1. The summed E-state index contributed by atoms with van der Waals surface area (Å²) in [6.45, 7) is 0.925. The maximum Gasteiger partial charge on any atom is 0.328 e. The van der Waals surface area contributed by atoms with Crippen molar-refractivity contribution in [2.24, 2.45) is 14.1 Å². The second kappa shape index (κ2) is 9.59. The monoisotopic (exact) mass is 500 g/mol. The molecule has 0 saturated carbocycles. The minimum absolute atomic E-state index is 0.124. The molecule has 0 aliphatic carbocycles. The van der Waals surface area contributed by atoms with Crippen LogP contribution in [0.5, 0.6) is 11.5 Å². The SMILES string of the molecule is COc1ccc(/C=C/C(=O)N2CCN(S(=O)(=O)c3ccc4c(c3)n(C)c(=O)n4C)CC2)cc1OC. The number of carbonyl (C=O) groups excluding carboxylic acids is 1. The first kappa shape index (κ1) is 24.6. The topological polar surface area (TPSA) is 103 Å². The van der Waals surface area contributed by atoms with E-state index in [1.165, 1.54) is 31.6 Å². The summed E-state index contributed by atoms with van der Waals surface area (Å²) in [7, 11) is 2.59. The van der Waals surface area contributed by atoms with Gasteiger partial charge in [-0.05, 0) is 42.0 Å². The largest absolute Gasteiger partial charge is 0.493 e. The Morgan fingerprint density at radius 1 is 0.886 bits per heavy atom. The third-order valence-corrected chi connectivity index (χ3v) is 8.15. The Kier molecular flexibility index (Phi) is 6.73. The molecule has 1 amide bonds. The number of hydrogen-bond donors (Lipinski definition) is 0. The Bertz CT molecular complexity index is 1460. The standard InChI is InChI=1S/C24H28N4O6S/c1-25-19-8-7-18(16-20(19)26(2)24(25)30)35(31,32)28-13-11-27(12-14-28)23(29)10-6-17-5-9-21(33-3)22(15-17)34-4/h5-10,15-16H,11-14H2,1-4H3/b10-6+. The van der Waals surface area contributed by atoms with E-state index < -0.39 is 10.0 Å². The number of sulfonamides is 1. The Morgan fingerprint density at radius 3 is 2.20 bits per heavy atom. The molecular formula is C24H28N4O6S. The van der Waals surface area contributed by atoms with Crippen LogP contribution in [0.25, 0.3) is 17.1 Å². The van der Waals surface area contributed by atoms with Crippen LogP contribution in [0.3, 0.4) is 0 Å². The summed E-state index contributed by atoms with van der Waals surface area (Å²) >= 11 is 0. The van der Waals surface area contributed by atoms with Gasteiger partial charge in [0.15, 0.2) is 11.5 Å². The minimum atomic E-state index is -3.77. The second-order valence-corrected chi connectivity index (χ2v) is 10.2. The summed E-state index contributed by atoms with van der Waals surface area (Å²) in [6, 6.07) is 10.0. The Morgan fingerprint density at radius 2 is 1.54 bits per heavy atom. The van der Waals surface area contributed by atoms with Crippen LogP contribution in [0, 0.1) is 0 Å². The van der Waals surface area contributed by atoms with Crippen molar-refractivity contribution in [3.63, 3.8) is 0 Å². The quantitative estimate of drug-likeness (QED) is 0.475. The maximum atomic E-state index is 13.2. The van der Waals surface area contributed by atoms with Crippen LogP contribution in [-0.2, 0) is 28.9 Å². The lowest BCUT2D eigenvalue weighted by atomic mass is 10.2. The van der Waals surface area contributed by atoms with Crippen molar-refractivity contribution in [3.05, 3.63) is 58.5 Å². The number of aryl methyl sites for hydroxylation is 2. The molecule has 0 N–H and O–H groups in total.